The van der Waals surface area contributed by atoms with Crippen LogP contribution < -0.4 is 20.1 Å². The van der Waals surface area contributed by atoms with Crippen LogP contribution in [0, 0.1) is 0 Å². The summed E-state index contributed by atoms with van der Waals surface area (Å²) in [7, 11) is 3.14. The van der Waals surface area contributed by atoms with E-state index in [0.717, 1.165) is 36.7 Å². The summed E-state index contributed by atoms with van der Waals surface area (Å²) in [6.45, 7) is 2.12. The third-order valence-electron chi connectivity index (χ3n) is 5.77. The second-order valence-corrected chi connectivity index (χ2v) is 9.44. The monoisotopic (exact) mass is 496 g/mol. The van der Waals surface area contributed by atoms with E-state index in [2.05, 4.69) is 20.5 Å². The number of thioether (sulfide) groups is 1. The maximum atomic E-state index is 12.5. The Kier molecular flexibility index (Phi) is 7.91. The van der Waals surface area contributed by atoms with Gasteiger partial charge in [0.05, 0.1) is 14.2 Å². The van der Waals surface area contributed by atoms with E-state index in [9.17, 15) is 14.4 Å². The highest BCUT2D eigenvalue weighted by Gasteiger charge is 2.33. The molecule has 0 saturated carbocycles. The fraction of sp³-hybridized carbons (Fsp3) is 0.360. The van der Waals surface area contributed by atoms with Gasteiger partial charge in [-0.3, -0.25) is 14.4 Å². The molecule has 0 spiro atoms. The average Bonchev–Trinajstić information content (AvgIpc) is 3.53. The summed E-state index contributed by atoms with van der Waals surface area (Å²) in [5, 5.41) is 5.89. The number of carbonyl (C=O) groups excluding carboxylic acids is 3. The molecule has 35 heavy (non-hydrogen) atoms. The Bertz CT molecular complexity index is 1110. The van der Waals surface area contributed by atoms with Crippen LogP contribution in [-0.4, -0.2) is 60.3 Å². The molecular weight excluding hydrogens is 468 g/mol. The second kappa shape index (κ2) is 11.3. The molecule has 2 aliphatic heterocycles. The molecule has 2 aliphatic rings. The lowest BCUT2D eigenvalue weighted by atomic mass is 10.1. The third kappa shape index (κ3) is 6.33. The molecule has 1 unspecified atom stereocenters. The van der Waals surface area contributed by atoms with Crippen molar-refractivity contribution in [1.82, 2.24) is 10.2 Å². The van der Waals surface area contributed by atoms with Crippen molar-refractivity contribution >= 4 is 40.3 Å². The van der Waals surface area contributed by atoms with Crippen LogP contribution in [0.15, 0.2) is 47.5 Å². The maximum Gasteiger partial charge on any atom is 0.262 e. The maximum absolute atomic E-state index is 12.5. The van der Waals surface area contributed by atoms with Crippen LogP contribution in [0.2, 0.25) is 0 Å². The van der Waals surface area contributed by atoms with Gasteiger partial charge in [-0.25, -0.2) is 0 Å². The minimum Gasteiger partial charge on any atom is -0.497 e. The molecule has 1 fully saturated rings. The van der Waals surface area contributed by atoms with Gasteiger partial charge in [-0.1, -0.05) is 11.8 Å². The van der Waals surface area contributed by atoms with Crippen molar-refractivity contribution in [3.63, 3.8) is 0 Å². The van der Waals surface area contributed by atoms with Gasteiger partial charge in [0.1, 0.15) is 16.7 Å². The third-order valence-corrected chi connectivity index (χ3v) is 6.98. The van der Waals surface area contributed by atoms with Gasteiger partial charge in [-0.05, 0) is 54.8 Å². The van der Waals surface area contributed by atoms with E-state index in [-0.39, 0.29) is 24.1 Å². The summed E-state index contributed by atoms with van der Waals surface area (Å²) in [6, 6.07) is 12.0. The van der Waals surface area contributed by atoms with Crippen molar-refractivity contribution in [2.24, 2.45) is 4.99 Å². The lowest BCUT2D eigenvalue weighted by molar-refractivity contribution is -0.121. The summed E-state index contributed by atoms with van der Waals surface area (Å²) < 4.78 is 10.5. The summed E-state index contributed by atoms with van der Waals surface area (Å²) in [6.07, 6.45) is 2.25. The molecule has 0 radical (unpaired) electrons. The van der Waals surface area contributed by atoms with Gasteiger partial charge in [0, 0.05) is 43.4 Å². The zero-order valence-electron chi connectivity index (χ0n) is 19.7. The number of hydrogen-bond donors (Lipinski definition) is 2. The average molecular weight is 497 g/mol. The van der Waals surface area contributed by atoms with Gasteiger partial charge in [0.15, 0.2) is 5.17 Å². The van der Waals surface area contributed by atoms with E-state index in [4.69, 9.17) is 9.47 Å². The van der Waals surface area contributed by atoms with Crippen LogP contribution in [0.4, 0.5) is 5.69 Å². The van der Waals surface area contributed by atoms with E-state index >= 15 is 0 Å². The number of benzene rings is 2. The molecule has 2 heterocycles. The Morgan fingerprint density at radius 3 is 2.34 bits per heavy atom. The summed E-state index contributed by atoms with van der Waals surface area (Å²) in [5.41, 5.74) is 1.86. The zero-order chi connectivity index (χ0) is 24.8. The Morgan fingerprint density at radius 2 is 1.71 bits per heavy atom. The standard InChI is InChI=1S/C25H28N4O5S/c1-33-19-11-16(12-20(13-19)34-2)15-26-23(31)17-5-7-18(8-6-17)27-22(30)14-21-24(32)28-25(35-21)29-9-3-4-10-29/h5-8,11-13,21H,3-4,9-10,14-15H2,1-2H3,(H,26,31)(H,27,30). The van der Waals surface area contributed by atoms with Gasteiger partial charge in [-0.2, -0.15) is 4.99 Å². The first kappa shape index (κ1) is 24.6. The Balaban J connectivity index is 1.26. The molecule has 4 rings (SSSR count). The van der Waals surface area contributed by atoms with Crippen LogP contribution in [0.5, 0.6) is 11.5 Å². The van der Waals surface area contributed by atoms with E-state index < -0.39 is 5.25 Å². The number of likely N-dealkylation sites (tertiary alicyclic amines) is 1. The number of rotatable bonds is 8. The highest BCUT2D eigenvalue weighted by atomic mass is 32.2. The largest absolute Gasteiger partial charge is 0.497 e. The van der Waals surface area contributed by atoms with Crippen LogP contribution in [0.25, 0.3) is 0 Å². The van der Waals surface area contributed by atoms with E-state index in [1.165, 1.54) is 11.8 Å². The molecular formula is C25H28N4O5S. The molecule has 184 valence electrons. The number of amides is 3. The quantitative estimate of drug-likeness (QED) is 0.578. The van der Waals surface area contributed by atoms with E-state index in [1.807, 2.05) is 12.1 Å². The summed E-state index contributed by atoms with van der Waals surface area (Å²) in [5.74, 6) is 0.519. The molecule has 2 aromatic carbocycles. The van der Waals surface area contributed by atoms with Crippen LogP contribution in [-0.2, 0) is 16.1 Å². The molecule has 0 aromatic heterocycles. The number of amidine groups is 1. The highest BCUT2D eigenvalue weighted by molar-refractivity contribution is 8.15. The van der Waals surface area contributed by atoms with Crippen LogP contribution in [0.3, 0.4) is 0 Å². The number of carbonyl (C=O) groups is 3. The van der Waals surface area contributed by atoms with Crippen molar-refractivity contribution in [1.29, 1.82) is 0 Å². The first-order valence-electron chi connectivity index (χ1n) is 11.4. The molecule has 0 bridgehead atoms. The Hall–Kier alpha value is -3.53. The second-order valence-electron chi connectivity index (χ2n) is 8.27. The topological polar surface area (TPSA) is 109 Å². The van der Waals surface area contributed by atoms with Gasteiger partial charge < -0.3 is 25.0 Å². The smallest absolute Gasteiger partial charge is 0.262 e. The molecule has 1 saturated heterocycles. The van der Waals surface area contributed by atoms with Gasteiger partial charge in [0.2, 0.25) is 5.91 Å². The Labute approximate surface area is 208 Å². The van der Waals surface area contributed by atoms with Gasteiger partial charge in [0.25, 0.3) is 11.8 Å². The molecule has 3 amide bonds. The fourth-order valence-corrected chi connectivity index (χ4v) is 5.01. The van der Waals surface area contributed by atoms with Crippen molar-refractivity contribution in [2.45, 2.75) is 31.1 Å². The van der Waals surface area contributed by atoms with Gasteiger partial charge in [-0.15, -0.1) is 0 Å². The molecule has 10 heteroatoms. The number of nitrogens with zero attached hydrogens (tertiary/aromatic N) is 2. The normalized spacial score (nSPS) is 17.2. The number of methoxy groups -OCH3 is 2. The first-order valence-corrected chi connectivity index (χ1v) is 12.3. The SMILES string of the molecule is COc1cc(CNC(=O)c2ccc(NC(=O)CC3SC(N4CCCC4)=NC3=O)cc2)cc(OC)c1. The molecule has 0 aliphatic carbocycles. The summed E-state index contributed by atoms with van der Waals surface area (Å²) >= 11 is 1.37. The van der Waals surface area contributed by atoms with E-state index in [0.29, 0.717) is 29.3 Å². The fourth-order valence-electron chi connectivity index (χ4n) is 3.89. The minimum absolute atomic E-state index is 0.0522. The predicted molar refractivity (Wildman–Crippen MR) is 135 cm³/mol. The molecule has 2 N–H and O–H groups in total. The predicted octanol–water partition coefficient (Wildman–Crippen LogP) is 3.06. The Morgan fingerprint density at radius 1 is 1.06 bits per heavy atom. The van der Waals surface area contributed by atoms with E-state index in [1.54, 1.807) is 44.6 Å². The number of nitrogens with one attached hydrogen (secondary N) is 2. The number of hydrogen-bond acceptors (Lipinski definition) is 7. The van der Waals surface area contributed by atoms with Crippen molar-refractivity contribution in [3.8, 4) is 11.5 Å². The number of aliphatic imine (C=N–C) groups is 1. The van der Waals surface area contributed by atoms with Crippen molar-refractivity contribution < 1.29 is 23.9 Å². The molecule has 1 atom stereocenters. The summed E-state index contributed by atoms with van der Waals surface area (Å²) in [4.78, 5) is 43.5. The van der Waals surface area contributed by atoms with Crippen LogP contribution in [0.1, 0.15) is 35.2 Å². The van der Waals surface area contributed by atoms with Crippen LogP contribution >= 0.6 is 11.8 Å². The number of ether oxygens (including phenoxy) is 2. The molecule has 9 nitrogen and oxygen atoms in total. The molecule has 2 aromatic rings. The number of anilines is 1. The van der Waals surface area contributed by atoms with Crippen molar-refractivity contribution in [3.05, 3.63) is 53.6 Å². The van der Waals surface area contributed by atoms with Gasteiger partial charge >= 0.3 is 0 Å². The lowest BCUT2D eigenvalue weighted by Crippen LogP contribution is -2.25. The minimum atomic E-state index is -0.495. The zero-order valence-corrected chi connectivity index (χ0v) is 20.5. The highest BCUT2D eigenvalue weighted by Crippen LogP contribution is 2.29. The first-order chi connectivity index (χ1) is 16.9. The van der Waals surface area contributed by atoms with Crippen molar-refractivity contribution in [2.75, 3.05) is 32.6 Å². The lowest BCUT2D eigenvalue weighted by Gasteiger charge is -2.16.